The fraction of sp³-hybridized carbons (Fsp3) is 0.350. The normalized spacial score (nSPS) is 20.8. The molecule has 0 aliphatic carbocycles. The SMILES string of the molecule is CC(F)(C(=O)N1CCN(C2=NN3C=NCC=C3C=C2)CC1)c1ccc(Cl)c(Cl)c1. The number of benzene rings is 1. The fourth-order valence-corrected chi connectivity index (χ4v) is 3.78. The number of aliphatic imine (C=N–C) groups is 1. The van der Waals surface area contributed by atoms with Gasteiger partial charge in [-0.2, -0.15) is 0 Å². The number of hydrazone groups is 1. The third-order valence-electron chi connectivity index (χ3n) is 5.23. The summed E-state index contributed by atoms with van der Waals surface area (Å²) in [7, 11) is 0. The Morgan fingerprint density at radius 3 is 2.62 bits per heavy atom. The molecule has 1 aromatic carbocycles. The molecule has 1 unspecified atom stereocenters. The molecule has 9 heteroatoms. The minimum atomic E-state index is -2.18. The van der Waals surface area contributed by atoms with Gasteiger partial charge >= 0.3 is 0 Å². The first-order valence-electron chi connectivity index (χ1n) is 9.31. The molecule has 4 rings (SSSR count). The van der Waals surface area contributed by atoms with E-state index in [0.717, 1.165) is 11.5 Å². The summed E-state index contributed by atoms with van der Waals surface area (Å²) in [4.78, 5) is 20.7. The Labute approximate surface area is 178 Å². The number of hydrogen-bond acceptors (Lipinski definition) is 5. The van der Waals surface area contributed by atoms with Crippen molar-refractivity contribution in [3.8, 4) is 0 Å². The molecular formula is C20H20Cl2FN5O. The minimum Gasteiger partial charge on any atom is -0.352 e. The van der Waals surface area contributed by atoms with Gasteiger partial charge in [-0.05, 0) is 42.8 Å². The molecule has 6 nitrogen and oxygen atoms in total. The summed E-state index contributed by atoms with van der Waals surface area (Å²) in [6.45, 7) is 3.86. The van der Waals surface area contributed by atoms with Gasteiger partial charge in [0.2, 0.25) is 5.67 Å². The molecule has 3 heterocycles. The topological polar surface area (TPSA) is 51.5 Å². The fourth-order valence-electron chi connectivity index (χ4n) is 3.48. The van der Waals surface area contributed by atoms with E-state index in [1.807, 2.05) is 18.2 Å². The number of allylic oxidation sites excluding steroid dienone is 1. The van der Waals surface area contributed by atoms with Crippen molar-refractivity contribution in [3.63, 3.8) is 0 Å². The van der Waals surface area contributed by atoms with Crippen LogP contribution in [0.1, 0.15) is 12.5 Å². The predicted molar refractivity (Wildman–Crippen MR) is 113 cm³/mol. The molecule has 152 valence electrons. The zero-order chi connectivity index (χ0) is 20.6. The highest BCUT2D eigenvalue weighted by Crippen LogP contribution is 2.33. The lowest BCUT2D eigenvalue weighted by atomic mass is 9.96. The molecule has 0 bridgehead atoms. The number of alkyl halides is 1. The lowest BCUT2D eigenvalue weighted by molar-refractivity contribution is -0.145. The number of piperazine rings is 1. The van der Waals surface area contributed by atoms with Crippen molar-refractivity contribution in [1.29, 1.82) is 0 Å². The maximum atomic E-state index is 15.4. The minimum absolute atomic E-state index is 0.197. The highest BCUT2D eigenvalue weighted by molar-refractivity contribution is 6.42. The Bertz CT molecular complexity index is 948. The van der Waals surface area contributed by atoms with E-state index in [1.54, 1.807) is 16.2 Å². The van der Waals surface area contributed by atoms with Crippen LogP contribution in [0.25, 0.3) is 0 Å². The van der Waals surface area contributed by atoms with E-state index in [-0.39, 0.29) is 10.6 Å². The molecule has 0 aromatic heterocycles. The van der Waals surface area contributed by atoms with Crippen LogP contribution in [0, 0.1) is 0 Å². The van der Waals surface area contributed by atoms with Gasteiger partial charge in [0.25, 0.3) is 5.91 Å². The van der Waals surface area contributed by atoms with Crippen molar-refractivity contribution in [2.75, 3.05) is 32.7 Å². The Morgan fingerprint density at radius 1 is 1.14 bits per heavy atom. The molecule has 3 aliphatic heterocycles. The summed E-state index contributed by atoms with van der Waals surface area (Å²) in [6.07, 6.45) is 7.64. The quantitative estimate of drug-likeness (QED) is 0.714. The van der Waals surface area contributed by atoms with Crippen LogP contribution < -0.4 is 0 Å². The summed E-state index contributed by atoms with van der Waals surface area (Å²) < 4.78 is 15.4. The summed E-state index contributed by atoms with van der Waals surface area (Å²) in [6, 6.07) is 4.41. The van der Waals surface area contributed by atoms with Crippen LogP contribution in [0.5, 0.6) is 0 Å². The van der Waals surface area contributed by atoms with Gasteiger partial charge in [0.15, 0.2) is 0 Å². The molecule has 1 aromatic rings. The van der Waals surface area contributed by atoms with Crippen LogP contribution >= 0.6 is 23.2 Å². The van der Waals surface area contributed by atoms with E-state index in [2.05, 4.69) is 15.0 Å². The second kappa shape index (κ2) is 7.80. The molecule has 1 atom stereocenters. The van der Waals surface area contributed by atoms with Gasteiger partial charge in [-0.1, -0.05) is 29.3 Å². The molecule has 1 fully saturated rings. The van der Waals surface area contributed by atoms with E-state index >= 15 is 4.39 Å². The summed E-state index contributed by atoms with van der Waals surface area (Å²) >= 11 is 11.9. The Morgan fingerprint density at radius 2 is 1.90 bits per heavy atom. The number of halogens is 3. The lowest BCUT2D eigenvalue weighted by Gasteiger charge is -2.39. The summed E-state index contributed by atoms with van der Waals surface area (Å²) in [5, 5.41) is 6.86. The largest absolute Gasteiger partial charge is 0.352 e. The molecule has 0 spiro atoms. The molecule has 0 radical (unpaired) electrons. The Balaban J connectivity index is 1.42. The van der Waals surface area contributed by atoms with Crippen molar-refractivity contribution < 1.29 is 9.18 Å². The molecule has 1 amide bonds. The van der Waals surface area contributed by atoms with Gasteiger partial charge in [0.05, 0.1) is 22.3 Å². The van der Waals surface area contributed by atoms with E-state index in [9.17, 15) is 4.79 Å². The number of rotatable bonds is 2. The van der Waals surface area contributed by atoms with Crippen molar-refractivity contribution in [3.05, 3.63) is 57.7 Å². The maximum absolute atomic E-state index is 15.4. The average Bonchev–Trinajstić information content (AvgIpc) is 2.74. The van der Waals surface area contributed by atoms with E-state index < -0.39 is 11.6 Å². The van der Waals surface area contributed by atoms with E-state index in [4.69, 9.17) is 23.2 Å². The standard InChI is InChI=1S/C20H20Cl2FN5O/c1-20(23,14-2-4-16(21)17(22)12-14)19(29)27-10-8-26(9-11-27)18-5-3-15-6-7-24-13-28(15)25-18/h2-6,12-13H,7-11H2,1H3. The van der Waals surface area contributed by atoms with Crippen molar-refractivity contribution >= 4 is 41.3 Å². The van der Waals surface area contributed by atoms with Gasteiger partial charge in [0, 0.05) is 26.2 Å². The molecule has 0 saturated carbocycles. The van der Waals surface area contributed by atoms with Crippen molar-refractivity contribution in [1.82, 2.24) is 14.8 Å². The molecule has 1 saturated heterocycles. The van der Waals surface area contributed by atoms with E-state index in [1.165, 1.54) is 25.1 Å². The maximum Gasteiger partial charge on any atom is 0.264 e. The first-order valence-corrected chi connectivity index (χ1v) is 10.1. The van der Waals surface area contributed by atoms with Crippen LogP contribution in [0.4, 0.5) is 4.39 Å². The number of carbonyl (C=O) groups is 1. The first kappa shape index (κ1) is 19.9. The van der Waals surface area contributed by atoms with Crippen LogP contribution in [-0.4, -0.2) is 65.6 Å². The molecule has 29 heavy (non-hydrogen) atoms. The third-order valence-corrected chi connectivity index (χ3v) is 5.97. The monoisotopic (exact) mass is 435 g/mol. The third kappa shape index (κ3) is 3.89. The zero-order valence-electron chi connectivity index (χ0n) is 15.9. The van der Waals surface area contributed by atoms with Crippen LogP contribution in [-0.2, 0) is 10.5 Å². The second-order valence-electron chi connectivity index (χ2n) is 7.16. The van der Waals surface area contributed by atoms with Crippen LogP contribution in [0.3, 0.4) is 0 Å². The number of fused-ring (bicyclic) bond motifs is 1. The number of carbonyl (C=O) groups excluding carboxylic acids is 1. The van der Waals surface area contributed by atoms with E-state index in [0.29, 0.717) is 37.7 Å². The van der Waals surface area contributed by atoms with Gasteiger partial charge in [-0.3, -0.25) is 9.79 Å². The van der Waals surface area contributed by atoms with Gasteiger partial charge in [-0.25, -0.2) is 9.40 Å². The van der Waals surface area contributed by atoms with Crippen molar-refractivity contribution in [2.24, 2.45) is 10.1 Å². The highest BCUT2D eigenvalue weighted by Gasteiger charge is 2.40. The number of nitrogens with zero attached hydrogens (tertiary/aromatic N) is 5. The van der Waals surface area contributed by atoms with Crippen molar-refractivity contribution in [2.45, 2.75) is 12.6 Å². The highest BCUT2D eigenvalue weighted by atomic mass is 35.5. The number of amidine groups is 1. The zero-order valence-corrected chi connectivity index (χ0v) is 17.4. The first-order chi connectivity index (χ1) is 13.9. The predicted octanol–water partition coefficient (Wildman–Crippen LogP) is 3.43. The number of amides is 1. The Kier molecular flexibility index (Phi) is 5.36. The van der Waals surface area contributed by atoms with Crippen LogP contribution in [0.15, 0.2) is 52.2 Å². The Hall–Kier alpha value is -2.38. The summed E-state index contributed by atoms with van der Waals surface area (Å²) in [5.74, 6) is 0.222. The van der Waals surface area contributed by atoms with Gasteiger partial charge in [0.1, 0.15) is 12.2 Å². The average molecular weight is 436 g/mol. The van der Waals surface area contributed by atoms with Crippen LogP contribution in [0.2, 0.25) is 10.0 Å². The second-order valence-corrected chi connectivity index (χ2v) is 7.97. The van der Waals surface area contributed by atoms with Gasteiger partial charge in [-0.15, -0.1) is 5.10 Å². The number of hydrogen-bond donors (Lipinski definition) is 0. The summed E-state index contributed by atoms with van der Waals surface area (Å²) in [5.41, 5.74) is -0.988. The smallest absolute Gasteiger partial charge is 0.264 e. The lowest BCUT2D eigenvalue weighted by Crippen LogP contribution is -2.54. The van der Waals surface area contributed by atoms with Gasteiger partial charge < -0.3 is 9.80 Å². The molecule has 3 aliphatic rings. The molecule has 0 N–H and O–H groups in total. The molecular weight excluding hydrogens is 416 g/mol.